The number of methoxy groups -OCH3 is 1. The number of nitrogens with zero attached hydrogens (tertiary/aromatic N) is 2. The first kappa shape index (κ1) is 19.8. The SMILES string of the molecule is COc1ccc(-c2nnc(NC(=O)c3ccc(NC(=O)[C@H](C)Cl)cc3)s2)cc1. The van der Waals surface area contributed by atoms with Gasteiger partial charge in [0.05, 0.1) is 7.11 Å². The van der Waals surface area contributed by atoms with Gasteiger partial charge in [0.2, 0.25) is 11.0 Å². The summed E-state index contributed by atoms with van der Waals surface area (Å²) in [6, 6.07) is 13.9. The predicted octanol–water partition coefficient (Wildman–Crippen LogP) is 4.03. The minimum absolute atomic E-state index is 0.307. The molecule has 2 N–H and O–H groups in total. The summed E-state index contributed by atoms with van der Waals surface area (Å²) >= 11 is 6.99. The number of aromatic nitrogens is 2. The third kappa shape index (κ3) is 4.85. The Bertz CT molecular complexity index is 972. The molecule has 0 aliphatic carbocycles. The van der Waals surface area contributed by atoms with E-state index in [-0.39, 0.29) is 11.8 Å². The van der Waals surface area contributed by atoms with Crippen LogP contribution < -0.4 is 15.4 Å². The van der Waals surface area contributed by atoms with Crippen molar-refractivity contribution in [2.75, 3.05) is 17.7 Å². The highest BCUT2D eigenvalue weighted by Crippen LogP contribution is 2.28. The Hall–Kier alpha value is -2.97. The van der Waals surface area contributed by atoms with Gasteiger partial charge in [0.25, 0.3) is 5.91 Å². The highest BCUT2D eigenvalue weighted by Gasteiger charge is 2.13. The molecule has 0 fully saturated rings. The lowest BCUT2D eigenvalue weighted by molar-refractivity contribution is -0.115. The van der Waals surface area contributed by atoms with Crippen molar-refractivity contribution >= 4 is 45.6 Å². The van der Waals surface area contributed by atoms with Crippen LogP contribution in [0.4, 0.5) is 10.8 Å². The highest BCUT2D eigenvalue weighted by atomic mass is 35.5. The van der Waals surface area contributed by atoms with Gasteiger partial charge in [-0.1, -0.05) is 11.3 Å². The van der Waals surface area contributed by atoms with E-state index in [0.717, 1.165) is 11.3 Å². The standard InChI is InChI=1S/C19H17ClN4O3S/c1-11(20)16(25)21-14-7-3-12(4-8-14)17(26)22-19-24-23-18(28-19)13-5-9-15(27-2)10-6-13/h3-11H,1-2H3,(H,21,25)(H,22,24,26)/t11-/m0/s1. The van der Waals surface area contributed by atoms with Crippen molar-refractivity contribution in [1.29, 1.82) is 0 Å². The van der Waals surface area contributed by atoms with Crippen LogP contribution in [0.2, 0.25) is 0 Å². The molecule has 0 radical (unpaired) electrons. The first-order valence-corrected chi connectivity index (χ1v) is 9.56. The van der Waals surface area contributed by atoms with E-state index in [1.54, 1.807) is 38.3 Å². The van der Waals surface area contributed by atoms with Crippen LogP contribution in [-0.4, -0.2) is 34.5 Å². The fourth-order valence-electron chi connectivity index (χ4n) is 2.24. The summed E-state index contributed by atoms with van der Waals surface area (Å²) in [7, 11) is 1.60. The molecular formula is C19H17ClN4O3S. The molecule has 0 aliphatic heterocycles. The fraction of sp³-hybridized carbons (Fsp3) is 0.158. The van der Waals surface area contributed by atoms with Crippen molar-refractivity contribution in [3.05, 3.63) is 54.1 Å². The molecule has 0 saturated carbocycles. The molecule has 7 nitrogen and oxygen atoms in total. The molecule has 0 spiro atoms. The molecule has 0 saturated heterocycles. The first-order valence-electron chi connectivity index (χ1n) is 8.30. The molecule has 0 unspecified atom stereocenters. The lowest BCUT2D eigenvalue weighted by Gasteiger charge is -2.07. The molecule has 28 heavy (non-hydrogen) atoms. The van der Waals surface area contributed by atoms with Crippen molar-refractivity contribution in [2.45, 2.75) is 12.3 Å². The Morgan fingerprint density at radius 3 is 2.32 bits per heavy atom. The maximum absolute atomic E-state index is 12.4. The number of carbonyl (C=O) groups excluding carboxylic acids is 2. The molecule has 9 heteroatoms. The van der Waals surface area contributed by atoms with Crippen molar-refractivity contribution < 1.29 is 14.3 Å². The fourth-order valence-corrected chi connectivity index (χ4v) is 3.04. The maximum Gasteiger partial charge on any atom is 0.257 e. The third-order valence-corrected chi connectivity index (χ3v) is 4.84. The van der Waals surface area contributed by atoms with Crippen LogP contribution in [-0.2, 0) is 4.79 Å². The van der Waals surface area contributed by atoms with Gasteiger partial charge in [-0.05, 0) is 55.5 Å². The molecule has 1 heterocycles. The van der Waals surface area contributed by atoms with E-state index in [2.05, 4.69) is 20.8 Å². The number of alkyl halides is 1. The van der Waals surface area contributed by atoms with E-state index in [4.69, 9.17) is 16.3 Å². The molecule has 1 aromatic heterocycles. The lowest BCUT2D eigenvalue weighted by atomic mass is 10.2. The maximum atomic E-state index is 12.4. The van der Waals surface area contributed by atoms with E-state index in [1.807, 2.05) is 24.3 Å². The second kappa shape index (κ2) is 8.81. The van der Waals surface area contributed by atoms with E-state index >= 15 is 0 Å². The number of rotatable bonds is 6. The number of nitrogens with one attached hydrogen (secondary N) is 2. The predicted molar refractivity (Wildman–Crippen MR) is 110 cm³/mol. The van der Waals surface area contributed by atoms with E-state index < -0.39 is 5.38 Å². The first-order chi connectivity index (χ1) is 13.5. The van der Waals surface area contributed by atoms with Crippen LogP contribution in [0.3, 0.4) is 0 Å². The van der Waals surface area contributed by atoms with E-state index in [9.17, 15) is 9.59 Å². The van der Waals surface area contributed by atoms with Crippen molar-refractivity contribution in [3.63, 3.8) is 0 Å². The van der Waals surface area contributed by atoms with Gasteiger partial charge in [0, 0.05) is 16.8 Å². The summed E-state index contributed by atoms with van der Waals surface area (Å²) in [6.07, 6.45) is 0. The minimum atomic E-state index is -0.639. The van der Waals surface area contributed by atoms with E-state index in [0.29, 0.717) is 21.4 Å². The van der Waals surface area contributed by atoms with Crippen LogP contribution in [0, 0.1) is 0 Å². The van der Waals surface area contributed by atoms with Crippen molar-refractivity contribution in [1.82, 2.24) is 10.2 Å². The van der Waals surface area contributed by atoms with Gasteiger partial charge in [0.15, 0.2) is 0 Å². The molecule has 144 valence electrons. The average Bonchev–Trinajstić information content (AvgIpc) is 3.17. The lowest BCUT2D eigenvalue weighted by Crippen LogP contribution is -2.20. The Kier molecular flexibility index (Phi) is 6.23. The summed E-state index contributed by atoms with van der Waals surface area (Å²) < 4.78 is 5.13. The molecule has 3 rings (SSSR count). The molecule has 3 aromatic rings. The summed E-state index contributed by atoms with van der Waals surface area (Å²) in [5, 5.41) is 13.9. The molecule has 2 aromatic carbocycles. The van der Waals surface area contributed by atoms with Gasteiger partial charge >= 0.3 is 0 Å². The largest absolute Gasteiger partial charge is 0.497 e. The number of benzene rings is 2. The monoisotopic (exact) mass is 416 g/mol. The Labute approximate surface area is 170 Å². The smallest absolute Gasteiger partial charge is 0.257 e. The second-order valence-corrected chi connectivity index (χ2v) is 7.41. The van der Waals surface area contributed by atoms with Crippen LogP contribution in [0.25, 0.3) is 10.6 Å². The molecule has 0 bridgehead atoms. The second-order valence-electron chi connectivity index (χ2n) is 5.78. The van der Waals surface area contributed by atoms with Gasteiger partial charge in [-0.2, -0.15) is 0 Å². The third-order valence-electron chi connectivity index (χ3n) is 3.76. The van der Waals surface area contributed by atoms with Gasteiger partial charge in [-0.15, -0.1) is 21.8 Å². The quantitative estimate of drug-likeness (QED) is 0.591. The molecule has 2 amide bonds. The molecule has 0 aliphatic rings. The van der Waals surface area contributed by atoms with Gasteiger partial charge in [0.1, 0.15) is 16.1 Å². The summed E-state index contributed by atoms with van der Waals surface area (Å²) in [5.74, 6) is 0.127. The highest BCUT2D eigenvalue weighted by molar-refractivity contribution is 7.18. The topological polar surface area (TPSA) is 93.2 Å². The Morgan fingerprint density at radius 2 is 1.71 bits per heavy atom. The minimum Gasteiger partial charge on any atom is -0.497 e. The zero-order chi connectivity index (χ0) is 20.1. The van der Waals surface area contributed by atoms with Crippen LogP contribution in [0.15, 0.2) is 48.5 Å². The number of hydrogen-bond acceptors (Lipinski definition) is 6. The Balaban J connectivity index is 1.64. The van der Waals surface area contributed by atoms with E-state index in [1.165, 1.54) is 11.3 Å². The van der Waals surface area contributed by atoms with Gasteiger partial charge in [-0.3, -0.25) is 14.9 Å². The zero-order valence-electron chi connectivity index (χ0n) is 15.1. The number of anilines is 2. The molecular weight excluding hydrogens is 400 g/mol. The normalized spacial score (nSPS) is 11.5. The van der Waals surface area contributed by atoms with Crippen LogP contribution in [0.5, 0.6) is 5.75 Å². The number of carbonyl (C=O) groups is 2. The number of halogens is 1. The van der Waals surface area contributed by atoms with Crippen LogP contribution >= 0.6 is 22.9 Å². The van der Waals surface area contributed by atoms with Gasteiger partial charge < -0.3 is 10.1 Å². The summed E-state index contributed by atoms with van der Waals surface area (Å²) in [5.41, 5.74) is 1.87. The van der Waals surface area contributed by atoms with Crippen LogP contribution in [0.1, 0.15) is 17.3 Å². The molecule has 1 atom stereocenters. The van der Waals surface area contributed by atoms with Crippen molar-refractivity contribution in [3.8, 4) is 16.3 Å². The van der Waals surface area contributed by atoms with Crippen molar-refractivity contribution in [2.24, 2.45) is 0 Å². The Morgan fingerprint density at radius 1 is 1.04 bits per heavy atom. The number of amides is 2. The number of hydrogen-bond donors (Lipinski definition) is 2. The summed E-state index contributed by atoms with van der Waals surface area (Å²) in [4.78, 5) is 24.0. The zero-order valence-corrected chi connectivity index (χ0v) is 16.7. The average molecular weight is 417 g/mol. The number of ether oxygens (including phenoxy) is 1. The summed E-state index contributed by atoms with van der Waals surface area (Å²) in [6.45, 7) is 1.58. The van der Waals surface area contributed by atoms with Gasteiger partial charge in [-0.25, -0.2) is 0 Å².